The van der Waals surface area contributed by atoms with E-state index in [1.165, 1.54) is 12.8 Å². The summed E-state index contributed by atoms with van der Waals surface area (Å²) in [5.74, 6) is 0.496. The minimum absolute atomic E-state index is 0.0672. The van der Waals surface area contributed by atoms with Crippen LogP contribution in [0.5, 0.6) is 0 Å². The molecular weight excluding hydrogens is 194 g/mol. The highest BCUT2D eigenvalue weighted by molar-refractivity contribution is 5.85. The van der Waals surface area contributed by atoms with E-state index in [9.17, 15) is 9.59 Å². The Morgan fingerprint density at radius 3 is 2.40 bits per heavy atom. The zero-order valence-electron chi connectivity index (χ0n) is 9.14. The molecule has 3 N–H and O–H groups in total. The molecule has 86 valence electrons. The van der Waals surface area contributed by atoms with Crippen LogP contribution in [-0.2, 0) is 9.59 Å². The van der Waals surface area contributed by atoms with Crippen LogP contribution in [0.3, 0.4) is 0 Å². The molecule has 0 atom stereocenters. The minimum atomic E-state index is -0.145. The van der Waals surface area contributed by atoms with Crippen LogP contribution in [0.25, 0.3) is 0 Å². The smallest absolute Gasteiger partial charge is 0.239 e. The van der Waals surface area contributed by atoms with Crippen molar-refractivity contribution < 1.29 is 9.59 Å². The molecule has 1 rings (SSSR count). The van der Waals surface area contributed by atoms with Gasteiger partial charge in [-0.2, -0.15) is 0 Å². The Morgan fingerprint density at radius 2 is 1.80 bits per heavy atom. The topological polar surface area (TPSA) is 70.2 Å². The van der Waals surface area contributed by atoms with Crippen molar-refractivity contribution in [2.45, 2.75) is 19.8 Å². The molecule has 2 amide bonds. The highest BCUT2D eigenvalue weighted by atomic mass is 16.2. The van der Waals surface area contributed by atoms with E-state index in [2.05, 4.69) is 16.0 Å². The van der Waals surface area contributed by atoms with Gasteiger partial charge in [-0.15, -0.1) is 0 Å². The maximum Gasteiger partial charge on any atom is 0.239 e. The molecule has 0 aromatic rings. The molecule has 5 nitrogen and oxygen atoms in total. The van der Waals surface area contributed by atoms with E-state index < -0.39 is 0 Å². The van der Waals surface area contributed by atoms with E-state index in [0.717, 1.165) is 12.5 Å². The molecule has 1 aliphatic carbocycles. The fraction of sp³-hybridized carbons (Fsp3) is 0.800. The summed E-state index contributed by atoms with van der Waals surface area (Å²) in [5.41, 5.74) is 0. The lowest BCUT2D eigenvalue weighted by molar-refractivity contribution is -0.125. The fourth-order valence-corrected chi connectivity index (χ4v) is 1.21. The van der Waals surface area contributed by atoms with E-state index in [0.29, 0.717) is 13.1 Å². The summed E-state index contributed by atoms with van der Waals surface area (Å²) in [5, 5.41) is 8.22. The standard InChI is InChI=1S/C10H19N3O2/c1-2-12-10(15)7-13-9(14)6-11-5-8-3-4-8/h8,11H,2-7H2,1H3,(H,12,15)(H,13,14). The van der Waals surface area contributed by atoms with Gasteiger partial charge in [0, 0.05) is 6.54 Å². The molecule has 0 aromatic heterocycles. The van der Waals surface area contributed by atoms with Gasteiger partial charge in [0.1, 0.15) is 0 Å². The van der Waals surface area contributed by atoms with E-state index in [4.69, 9.17) is 0 Å². The van der Waals surface area contributed by atoms with Gasteiger partial charge in [-0.05, 0) is 32.2 Å². The lowest BCUT2D eigenvalue weighted by Gasteiger charge is -2.06. The molecule has 0 aliphatic heterocycles. The lowest BCUT2D eigenvalue weighted by Crippen LogP contribution is -2.40. The van der Waals surface area contributed by atoms with Gasteiger partial charge in [0.15, 0.2) is 0 Å². The number of nitrogens with one attached hydrogen (secondary N) is 3. The third kappa shape index (κ3) is 6.06. The van der Waals surface area contributed by atoms with Crippen molar-refractivity contribution in [3.63, 3.8) is 0 Å². The van der Waals surface area contributed by atoms with E-state index in [1.807, 2.05) is 6.92 Å². The van der Waals surface area contributed by atoms with E-state index in [1.54, 1.807) is 0 Å². The Labute approximate surface area is 90.0 Å². The summed E-state index contributed by atoms with van der Waals surface area (Å²) in [6, 6.07) is 0. The van der Waals surface area contributed by atoms with Gasteiger partial charge in [-0.1, -0.05) is 0 Å². The van der Waals surface area contributed by atoms with Crippen molar-refractivity contribution in [1.29, 1.82) is 0 Å². The molecule has 0 heterocycles. The number of carbonyl (C=O) groups excluding carboxylic acids is 2. The van der Waals surface area contributed by atoms with Crippen molar-refractivity contribution >= 4 is 11.8 Å². The van der Waals surface area contributed by atoms with Crippen LogP contribution in [0.2, 0.25) is 0 Å². The average Bonchev–Trinajstić information content (AvgIpc) is 2.99. The minimum Gasteiger partial charge on any atom is -0.355 e. The fourth-order valence-electron chi connectivity index (χ4n) is 1.21. The van der Waals surface area contributed by atoms with Crippen LogP contribution in [-0.4, -0.2) is 38.0 Å². The Bertz CT molecular complexity index is 227. The van der Waals surface area contributed by atoms with Crippen molar-refractivity contribution in [3.8, 4) is 0 Å². The van der Waals surface area contributed by atoms with Crippen LogP contribution in [0, 0.1) is 5.92 Å². The highest BCUT2D eigenvalue weighted by Crippen LogP contribution is 2.27. The van der Waals surface area contributed by atoms with E-state index >= 15 is 0 Å². The van der Waals surface area contributed by atoms with Crippen molar-refractivity contribution in [2.75, 3.05) is 26.2 Å². The maximum atomic E-state index is 11.2. The van der Waals surface area contributed by atoms with Crippen molar-refractivity contribution in [3.05, 3.63) is 0 Å². The molecule has 0 spiro atoms. The predicted molar refractivity (Wildman–Crippen MR) is 57.3 cm³/mol. The first-order valence-corrected chi connectivity index (χ1v) is 5.46. The molecule has 1 aliphatic rings. The Hall–Kier alpha value is -1.10. The molecule has 0 saturated heterocycles. The lowest BCUT2D eigenvalue weighted by atomic mass is 10.4. The first kappa shape index (κ1) is 12.0. The molecule has 1 fully saturated rings. The summed E-state index contributed by atoms with van der Waals surface area (Å²) in [6.45, 7) is 3.72. The van der Waals surface area contributed by atoms with Gasteiger partial charge in [-0.25, -0.2) is 0 Å². The largest absolute Gasteiger partial charge is 0.355 e. The Morgan fingerprint density at radius 1 is 1.13 bits per heavy atom. The molecule has 0 bridgehead atoms. The van der Waals surface area contributed by atoms with Gasteiger partial charge in [0.25, 0.3) is 0 Å². The first-order valence-electron chi connectivity index (χ1n) is 5.46. The third-order valence-corrected chi connectivity index (χ3v) is 2.24. The summed E-state index contributed by atoms with van der Waals surface area (Å²) < 4.78 is 0. The van der Waals surface area contributed by atoms with Crippen LogP contribution in [0.15, 0.2) is 0 Å². The molecule has 1 saturated carbocycles. The Balaban J connectivity index is 1.94. The summed E-state index contributed by atoms with van der Waals surface area (Å²) >= 11 is 0. The molecule has 5 heteroatoms. The number of hydrogen-bond donors (Lipinski definition) is 3. The molecule has 15 heavy (non-hydrogen) atoms. The molecule has 0 radical (unpaired) electrons. The second kappa shape index (κ2) is 6.40. The number of likely N-dealkylation sites (N-methyl/N-ethyl adjacent to an activating group) is 1. The van der Waals surface area contributed by atoms with E-state index in [-0.39, 0.29) is 18.4 Å². The zero-order valence-corrected chi connectivity index (χ0v) is 9.14. The first-order chi connectivity index (χ1) is 7.22. The van der Waals surface area contributed by atoms with Gasteiger partial charge in [-0.3, -0.25) is 9.59 Å². The van der Waals surface area contributed by atoms with Gasteiger partial charge in [0.05, 0.1) is 13.1 Å². The highest BCUT2D eigenvalue weighted by Gasteiger charge is 2.20. The normalized spacial score (nSPS) is 14.7. The zero-order chi connectivity index (χ0) is 11.1. The predicted octanol–water partition coefficient (Wildman–Crippen LogP) is -0.762. The summed E-state index contributed by atoms with van der Waals surface area (Å²) in [4.78, 5) is 22.2. The second-order valence-electron chi connectivity index (χ2n) is 3.80. The summed E-state index contributed by atoms with van der Waals surface area (Å²) in [7, 11) is 0. The van der Waals surface area contributed by atoms with Gasteiger partial charge >= 0.3 is 0 Å². The van der Waals surface area contributed by atoms with Gasteiger partial charge < -0.3 is 16.0 Å². The monoisotopic (exact) mass is 213 g/mol. The molecule has 0 aromatic carbocycles. The molecular formula is C10H19N3O2. The maximum absolute atomic E-state index is 11.2. The number of amides is 2. The second-order valence-corrected chi connectivity index (χ2v) is 3.80. The van der Waals surface area contributed by atoms with Gasteiger partial charge in [0.2, 0.25) is 11.8 Å². The summed E-state index contributed by atoms with van der Waals surface area (Å²) in [6.07, 6.45) is 2.54. The third-order valence-electron chi connectivity index (χ3n) is 2.24. The average molecular weight is 213 g/mol. The molecule has 0 unspecified atom stereocenters. The van der Waals surface area contributed by atoms with Crippen LogP contribution >= 0.6 is 0 Å². The van der Waals surface area contributed by atoms with Crippen LogP contribution in [0.4, 0.5) is 0 Å². The number of carbonyl (C=O) groups is 2. The van der Waals surface area contributed by atoms with Crippen molar-refractivity contribution in [2.24, 2.45) is 5.92 Å². The van der Waals surface area contributed by atoms with Crippen molar-refractivity contribution in [1.82, 2.24) is 16.0 Å². The van der Waals surface area contributed by atoms with Crippen LogP contribution < -0.4 is 16.0 Å². The number of rotatable bonds is 7. The van der Waals surface area contributed by atoms with Crippen LogP contribution in [0.1, 0.15) is 19.8 Å². The quantitative estimate of drug-likeness (QED) is 0.520. The Kier molecular flexibility index (Phi) is 5.10. The number of hydrogen-bond acceptors (Lipinski definition) is 3. The SMILES string of the molecule is CCNC(=O)CNC(=O)CNCC1CC1.